The lowest BCUT2D eigenvalue weighted by atomic mass is 10.1. The maximum absolute atomic E-state index is 13.0. The number of rotatable bonds is 7. The van der Waals surface area contributed by atoms with Crippen molar-refractivity contribution in [3.8, 4) is 11.5 Å². The highest BCUT2D eigenvalue weighted by molar-refractivity contribution is 6.31. The molecule has 0 heterocycles. The van der Waals surface area contributed by atoms with Crippen molar-refractivity contribution in [2.75, 3.05) is 13.7 Å². The van der Waals surface area contributed by atoms with Gasteiger partial charge in [-0.25, -0.2) is 9.18 Å². The number of nitrogens with zero attached hydrogens (tertiary/aromatic N) is 1. The Morgan fingerprint density at radius 1 is 1.27 bits per heavy atom. The van der Waals surface area contributed by atoms with Gasteiger partial charge in [0, 0.05) is 11.6 Å². The van der Waals surface area contributed by atoms with Crippen LogP contribution in [0.2, 0.25) is 5.02 Å². The van der Waals surface area contributed by atoms with Gasteiger partial charge in [0.25, 0.3) is 5.69 Å². The lowest BCUT2D eigenvalue weighted by molar-refractivity contribution is -0.385. The van der Waals surface area contributed by atoms with Gasteiger partial charge >= 0.3 is 5.97 Å². The smallest absolute Gasteiger partial charge is 0.345 e. The molecule has 26 heavy (non-hydrogen) atoms. The summed E-state index contributed by atoms with van der Waals surface area (Å²) in [5, 5.41) is 11.3. The summed E-state index contributed by atoms with van der Waals surface area (Å²) in [4.78, 5) is 22.9. The van der Waals surface area contributed by atoms with E-state index in [1.165, 1.54) is 19.2 Å². The molecule has 0 bridgehead atoms. The zero-order valence-electron chi connectivity index (χ0n) is 14.0. The topological polar surface area (TPSA) is 87.9 Å². The molecule has 0 fully saturated rings. The molecule has 0 aliphatic carbocycles. The number of hydrogen-bond acceptors (Lipinski definition) is 6. The van der Waals surface area contributed by atoms with Crippen molar-refractivity contribution < 1.29 is 28.3 Å². The first-order chi connectivity index (χ1) is 12.4. The van der Waals surface area contributed by atoms with Crippen LogP contribution in [-0.4, -0.2) is 24.6 Å². The number of benzene rings is 2. The van der Waals surface area contributed by atoms with Crippen LogP contribution in [0.4, 0.5) is 10.1 Å². The van der Waals surface area contributed by atoms with Gasteiger partial charge in [-0.15, -0.1) is 0 Å². The second kappa shape index (κ2) is 8.48. The van der Waals surface area contributed by atoms with E-state index in [1.807, 2.05) is 0 Å². The molecular formula is C17H15ClFNO6. The van der Waals surface area contributed by atoms with Gasteiger partial charge < -0.3 is 14.2 Å². The maximum Gasteiger partial charge on any atom is 0.345 e. The summed E-state index contributed by atoms with van der Waals surface area (Å²) in [7, 11) is 1.33. The predicted molar refractivity (Wildman–Crippen MR) is 91.3 cm³/mol. The van der Waals surface area contributed by atoms with E-state index in [2.05, 4.69) is 0 Å². The molecule has 0 aliphatic heterocycles. The third-order valence-electron chi connectivity index (χ3n) is 3.37. The lowest BCUT2D eigenvalue weighted by Gasteiger charge is -2.12. The van der Waals surface area contributed by atoms with Gasteiger partial charge in [0.2, 0.25) is 0 Å². The van der Waals surface area contributed by atoms with E-state index >= 15 is 0 Å². The number of ether oxygens (including phenoxy) is 3. The molecule has 2 aromatic carbocycles. The van der Waals surface area contributed by atoms with Crippen molar-refractivity contribution >= 4 is 23.3 Å². The standard InChI is InChI=1S/C17H15ClFNO6/c1-3-25-16-7-12(14(20(22)23)8-15(16)24-2)17(21)26-9-10-4-5-11(19)6-13(10)18/h4-8H,3,9H2,1-2H3. The Morgan fingerprint density at radius 2 is 2.00 bits per heavy atom. The van der Waals surface area contributed by atoms with Crippen LogP contribution >= 0.6 is 11.6 Å². The van der Waals surface area contributed by atoms with E-state index in [1.54, 1.807) is 6.92 Å². The van der Waals surface area contributed by atoms with Crippen LogP contribution in [0.1, 0.15) is 22.8 Å². The van der Waals surface area contributed by atoms with E-state index < -0.39 is 22.4 Å². The first-order valence-corrected chi connectivity index (χ1v) is 7.85. The van der Waals surface area contributed by atoms with E-state index in [0.29, 0.717) is 5.56 Å². The van der Waals surface area contributed by atoms with Crippen LogP contribution in [0.15, 0.2) is 30.3 Å². The van der Waals surface area contributed by atoms with E-state index in [9.17, 15) is 19.3 Å². The average Bonchev–Trinajstić information content (AvgIpc) is 2.60. The van der Waals surface area contributed by atoms with Crippen molar-refractivity contribution in [2.45, 2.75) is 13.5 Å². The minimum absolute atomic E-state index is 0.0806. The van der Waals surface area contributed by atoms with E-state index in [4.69, 9.17) is 25.8 Å². The molecule has 0 amide bonds. The van der Waals surface area contributed by atoms with Crippen molar-refractivity contribution in [2.24, 2.45) is 0 Å². The fraction of sp³-hybridized carbons (Fsp3) is 0.235. The zero-order chi connectivity index (χ0) is 19.3. The highest BCUT2D eigenvalue weighted by Gasteiger charge is 2.26. The molecule has 0 spiro atoms. The fourth-order valence-corrected chi connectivity index (χ4v) is 2.37. The first kappa shape index (κ1) is 19.5. The first-order valence-electron chi connectivity index (χ1n) is 7.47. The van der Waals surface area contributed by atoms with Crippen LogP contribution in [0, 0.1) is 15.9 Å². The summed E-state index contributed by atoms with van der Waals surface area (Å²) >= 11 is 5.87. The fourth-order valence-electron chi connectivity index (χ4n) is 2.15. The minimum atomic E-state index is -0.944. The molecular weight excluding hydrogens is 369 g/mol. The molecule has 0 radical (unpaired) electrons. The summed E-state index contributed by atoms with van der Waals surface area (Å²) < 4.78 is 28.5. The molecule has 0 atom stereocenters. The number of carbonyl (C=O) groups excluding carboxylic acids is 1. The molecule has 0 aromatic heterocycles. The third kappa shape index (κ3) is 4.40. The molecule has 138 valence electrons. The van der Waals surface area contributed by atoms with Gasteiger partial charge in [0.1, 0.15) is 18.0 Å². The molecule has 0 N–H and O–H groups in total. The van der Waals surface area contributed by atoms with Gasteiger partial charge in [-0.1, -0.05) is 17.7 Å². The molecule has 7 nitrogen and oxygen atoms in total. The Bertz CT molecular complexity index is 842. The largest absolute Gasteiger partial charge is 0.493 e. The van der Waals surface area contributed by atoms with Crippen LogP contribution in [-0.2, 0) is 11.3 Å². The average molecular weight is 384 g/mol. The number of methoxy groups -OCH3 is 1. The Kier molecular flexibility index (Phi) is 6.35. The zero-order valence-corrected chi connectivity index (χ0v) is 14.7. The number of carbonyl (C=O) groups is 1. The second-order valence-corrected chi connectivity index (χ2v) is 5.43. The quantitative estimate of drug-likeness (QED) is 0.405. The number of nitro groups is 1. The summed E-state index contributed by atoms with van der Waals surface area (Å²) in [6.07, 6.45) is 0. The van der Waals surface area contributed by atoms with Crippen molar-refractivity contribution in [3.63, 3.8) is 0 Å². The highest BCUT2D eigenvalue weighted by Crippen LogP contribution is 2.35. The Labute approximate surface area is 153 Å². The lowest BCUT2D eigenvalue weighted by Crippen LogP contribution is -2.10. The number of halogens is 2. The monoisotopic (exact) mass is 383 g/mol. The summed E-state index contributed by atoms with van der Waals surface area (Å²) in [6, 6.07) is 5.88. The summed E-state index contributed by atoms with van der Waals surface area (Å²) in [6.45, 7) is 1.72. The van der Waals surface area contributed by atoms with Gasteiger partial charge in [-0.05, 0) is 19.1 Å². The number of hydrogen-bond donors (Lipinski definition) is 0. The van der Waals surface area contributed by atoms with Gasteiger partial charge in [-0.3, -0.25) is 10.1 Å². The van der Waals surface area contributed by atoms with Crippen molar-refractivity contribution in [1.29, 1.82) is 0 Å². The molecule has 0 unspecified atom stereocenters. The van der Waals surface area contributed by atoms with Crippen LogP contribution in [0.3, 0.4) is 0 Å². The second-order valence-electron chi connectivity index (χ2n) is 5.02. The summed E-state index contributed by atoms with van der Waals surface area (Å²) in [5.41, 5.74) is -0.416. The van der Waals surface area contributed by atoms with Crippen LogP contribution in [0.25, 0.3) is 0 Å². The SMILES string of the molecule is CCOc1cc(C(=O)OCc2ccc(F)cc2Cl)c([N+](=O)[O-])cc1OC. The molecule has 2 aromatic rings. The van der Waals surface area contributed by atoms with Gasteiger partial charge in [0.15, 0.2) is 11.5 Å². The van der Waals surface area contributed by atoms with Gasteiger partial charge in [-0.2, -0.15) is 0 Å². The predicted octanol–water partition coefficient (Wildman–Crippen LogP) is 4.15. The molecule has 9 heteroatoms. The van der Waals surface area contributed by atoms with Crippen molar-refractivity contribution in [3.05, 3.63) is 62.4 Å². The normalized spacial score (nSPS) is 10.3. The van der Waals surface area contributed by atoms with Crippen LogP contribution < -0.4 is 9.47 Å². The molecule has 2 rings (SSSR count). The number of nitro benzene ring substituents is 1. The third-order valence-corrected chi connectivity index (χ3v) is 3.72. The maximum atomic E-state index is 13.0. The number of esters is 1. The van der Waals surface area contributed by atoms with E-state index in [-0.39, 0.29) is 35.3 Å². The van der Waals surface area contributed by atoms with E-state index in [0.717, 1.165) is 18.2 Å². The minimum Gasteiger partial charge on any atom is -0.493 e. The highest BCUT2D eigenvalue weighted by atomic mass is 35.5. The Hall–Kier alpha value is -2.87. The Morgan fingerprint density at radius 3 is 2.58 bits per heavy atom. The van der Waals surface area contributed by atoms with Crippen molar-refractivity contribution in [1.82, 2.24) is 0 Å². The van der Waals surface area contributed by atoms with Crippen LogP contribution in [0.5, 0.6) is 11.5 Å². The van der Waals surface area contributed by atoms with Gasteiger partial charge in [0.05, 0.1) is 29.7 Å². The molecule has 0 aliphatic rings. The molecule has 0 saturated heterocycles. The summed E-state index contributed by atoms with van der Waals surface area (Å²) in [5.74, 6) is -1.18. The Balaban J connectivity index is 2.31. The molecule has 0 saturated carbocycles.